The lowest BCUT2D eigenvalue weighted by molar-refractivity contribution is -0.153. The minimum Gasteiger partial charge on any atom is -0.492 e. The molecule has 0 atom stereocenters. The highest BCUT2D eigenvalue weighted by molar-refractivity contribution is 5.91. The molecule has 1 aliphatic heterocycles. The molecule has 0 spiro atoms. The minimum absolute atomic E-state index is 0.182. The van der Waals surface area contributed by atoms with E-state index in [0.29, 0.717) is 44.8 Å². The molecule has 154 valence electrons. The average molecular weight is 400 g/mol. The van der Waals surface area contributed by atoms with Gasteiger partial charge in [0.05, 0.1) is 18.7 Å². The Labute approximate surface area is 168 Å². The molecule has 3 rings (SSSR count). The third kappa shape index (κ3) is 6.10. The molecule has 1 aromatic heterocycles. The van der Waals surface area contributed by atoms with E-state index < -0.39 is 5.97 Å². The van der Waals surface area contributed by atoms with E-state index in [2.05, 4.69) is 5.32 Å². The number of benzene rings is 1. The SMILES string of the molecule is O=C(COC(=O)C1CCN(C(=O)c2ccco2)CC1)NCCOc1ccccc1. The molecule has 0 unspecified atom stereocenters. The van der Waals surface area contributed by atoms with Crippen molar-refractivity contribution in [3.63, 3.8) is 0 Å². The predicted molar refractivity (Wildman–Crippen MR) is 103 cm³/mol. The first kappa shape index (κ1) is 20.4. The van der Waals surface area contributed by atoms with E-state index in [9.17, 15) is 14.4 Å². The predicted octanol–water partition coefficient (Wildman–Crippen LogP) is 1.87. The topological polar surface area (TPSA) is 98.1 Å². The summed E-state index contributed by atoms with van der Waals surface area (Å²) in [6, 6.07) is 12.6. The summed E-state index contributed by atoms with van der Waals surface area (Å²) in [6.07, 6.45) is 2.45. The maximum atomic E-state index is 12.2. The van der Waals surface area contributed by atoms with Crippen LogP contribution in [0.5, 0.6) is 5.75 Å². The summed E-state index contributed by atoms with van der Waals surface area (Å²) in [5.41, 5.74) is 0. The Hall–Kier alpha value is -3.29. The van der Waals surface area contributed by atoms with Crippen LogP contribution in [0.2, 0.25) is 0 Å². The molecule has 1 N–H and O–H groups in total. The number of nitrogens with zero attached hydrogens (tertiary/aromatic N) is 1. The van der Waals surface area contributed by atoms with Gasteiger partial charge in [-0.1, -0.05) is 18.2 Å². The second-order valence-electron chi connectivity index (χ2n) is 6.66. The number of likely N-dealkylation sites (tertiary alicyclic amines) is 1. The van der Waals surface area contributed by atoms with Gasteiger partial charge in [-0.25, -0.2) is 0 Å². The smallest absolute Gasteiger partial charge is 0.309 e. The van der Waals surface area contributed by atoms with E-state index >= 15 is 0 Å². The second kappa shape index (κ2) is 10.3. The molecule has 8 nitrogen and oxygen atoms in total. The van der Waals surface area contributed by atoms with Gasteiger partial charge >= 0.3 is 5.97 Å². The maximum absolute atomic E-state index is 12.2. The number of hydrogen-bond acceptors (Lipinski definition) is 6. The largest absolute Gasteiger partial charge is 0.492 e. The Bertz CT molecular complexity index is 798. The number of carbonyl (C=O) groups is 3. The molecule has 0 saturated carbocycles. The fourth-order valence-electron chi connectivity index (χ4n) is 3.06. The van der Waals surface area contributed by atoms with Crippen LogP contribution < -0.4 is 10.1 Å². The van der Waals surface area contributed by atoms with Gasteiger partial charge in [0.15, 0.2) is 12.4 Å². The van der Waals surface area contributed by atoms with Crippen molar-refractivity contribution in [1.82, 2.24) is 10.2 Å². The molecular weight excluding hydrogens is 376 g/mol. The van der Waals surface area contributed by atoms with Crippen LogP contribution >= 0.6 is 0 Å². The quantitative estimate of drug-likeness (QED) is 0.537. The van der Waals surface area contributed by atoms with Crippen LogP contribution in [-0.2, 0) is 14.3 Å². The highest BCUT2D eigenvalue weighted by Crippen LogP contribution is 2.20. The number of ether oxygens (including phenoxy) is 2. The normalized spacial score (nSPS) is 14.3. The van der Waals surface area contributed by atoms with Crippen LogP contribution in [0.4, 0.5) is 0 Å². The Balaban J connectivity index is 1.29. The third-order valence-electron chi connectivity index (χ3n) is 4.63. The Morgan fingerprint density at radius 1 is 1.07 bits per heavy atom. The van der Waals surface area contributed by atoms with Crippen LogP contribution in [0, 0.1) is 5.92 Å². The molecular formula is C21H24N2O6. The van der Waals surface area contributed by atoms with E-state index in [1.165, 1.54) is 6.26 Å². The van der Waals surface area contributed by atoms with Gasteiger partial charge in [0.2, 0.25) is 0 Å². The van der Waals surface area contributed by atoms with Crippen LogP contribution in [0.15, 0.2) is 53.1 Å². The van der Waals surface area contributed by atoms with Crippen LogP contribution in [0.1, 0.15) is 23.4 Å². The van der Waals surface area contributed by atoms with Crippen molar-refractivity contribution in [3.8, 4) is 5.75 Å². The van der Waals surface area contributed by atoms with E-state index in [1.54, 1.807) is 17.0 Å². The molecule has 0 bridgehead atoms. The first-order valence-corrected chi connectivity index (χ1v) is 9.57. The highest BCUT2D eigenvalue weighted by atomic mass is 16.5. The molecule has 1 aliphatic rings. The van der Waals surface area contributed by atoms with Gasteiger partial charge in [0, 0.05) is 13.1 Å². The summed E-state index contributed by atoms with van der Waals surface area (Å²) in [5.74, 6) is -0.265. The highest BCUT2D eigenvalue weighted by Gasteiger charge is 2.29. The van der Waals surface area contributed by atoms with E-state index in [1.807, 2.05) is 30.3 Å². The number of amides is 2. The van der Waals surface area contributed by atoms with Crippen LogP contribution in [0.3, 0.4) is 0 Å². The number of furan rings is 1. The Kier molecular flexibility index (Phi) is 7.27. The molecule has 8 heteroatoms. The fourth-order valence-corrected chi connectivity index (χ4v) is 3.06. The number of para-hydroxylation sites is 1. The zero-order valence-corrected chi connectivity index (χ0v) is 16.0. The number of nitrogens with one attached hydrogen (secondary N) is 1. The molecule has 1 saturated heterocycles. The number of rotatable bonds is 8. The summed E-state index contributed by atoms with van der Waals surface area (Å²) in [4.78, 5) is 37.9. The summed E-state index contributed by atoms with van der Waals surface area (Å²) in [7, 11) is 0. The van der Waals surface area contributed by atoms with E-state index in [0.717, 1.165) is 5.75 Å². The third-order valence-corrected chi connectivity index (χ3v) is 4.63. The lowest BCUT2D eigenvalue weighted by Gasteiger charge is -2.30. The lowest BCUT2D eigenvalue weighted by atomic mass is 9.97. The Morgan fingerprint density at radius 3 is 2.52 bits per heavy atom. The van der Waals surface area contributed by atoms with Gasteiger partial charge in [0.25, 0.3) is 11.8 Å². The van der Waals surface area contributed by atoms with Crippen molar-refractivity contribution < 1.29 is 28.3 Å². The van der Waals surface area contributed by atoms with Crippen LogP contribution in [0.25, 0.3) is 0 Å². The molecule has 1 aromatic carbocycles. The van der Waals surface area contributed by atoms with Gasteiger partial charge in [-0.05, 0) is 37.1 Å². The van der Waals surface area contributed by atoms with Crippen molar-refractivity contribution in [3.05, 3.63) is 54.5 Å². The summed E-state index contributed by atoms with van der Waals surface area (Å²) in [5, 5.41) is 2.64. The molecule has 0 radical (unpaired) electrons. The first-order chi connectivity index (χ1) is 14.1. The van der Waals surface area contributed by atoms with Crippen molar-refractivity contribution in [2.24, 2.45) is 5.92 Å². The number of piperidine rings is 1. The van der Waals surface area contributed by atoms with Gasteiger partial charge in [-0.3, -0.25) is 14.4 Å². The molecule has 29 heavy (non-hydrogen) atoms. The minimum atomic E-state index is -0.411. The zero-order chi connectivity index (χ0) is 20.5. The molecule has 1 fully saturated rings. The van der Waals surface area contributed by atoms with Gasteiger partial charge in [-0.15, -0.1) is 0 Å². The van der Waals surface area contributed by atoms with Gasteiger partial charge in [0.1, 0.15) is 12.4 Å². The average Bonchev–Trinajstić information content (AvgIpc) is 3.30. The monoisotopic (exact) mass is 400 g/mol. The zero-order valence-electron chi connectivity index (χ0n) is 16.0. The van der Waals surface area contributed by atoms with Gasteiger partial charge < -0.3 is 24.1 Å². The summed E-state index contributed by atoms with van der Waals surface area (Å²) in [6.45, 7) is 1.21. The molecule has 2 heterocycles. The number of esters is 1. The second-order valence-corrected chi connectivity index (χ2v) is 6.66. The van der Waals surface area contributed by atoms with Crippen molar-refractivity contribution in [1.29, 1.82) is 0 Å². The van der Waals surface area contributed by atoms with Gasteiger partial charge in [-0.2, -0.15) is 0 Å². The fraction of sp³-hybridized carbons (Fsp3) is 0.381. The molecule has 2 amide bonds. The number of hydrogen-bond donors (Lipinski definition) is 1. The molecule has 0 aliphatic carbocycles. The molecule has 2 aromatic rings. The summed E-state index contributed by atoms with van der Waals surface area (Å²) >= 11 is 0. The lowest BCUT2D eigenvalue weighted by Crippen LogP contribution is -2.41. The van der Waals surface area contributed by atoms with Crippen molar-refractivity contribution >= 4 is 17.8 Å². The van der Waals surface area contributed by atoms with Crippen molar-refractivity contribution in [2.45, 2.75) is 12.8 Å². The van der Waals surface area contributed by atoms with Crippen molar-refractivity contribution in [2.75, 3.05) is 32.8 Å². The standard InChI is InChI=1S/C21H24N2O6/c24-19(22-10-14-27-17-5-2-1-3-6-17)15-29-21(26)16-8-11-23(12-9-16)20(25)18-7-4-13-28-18/h1-7,13,16H,8-12,14-15H2,(H,22,24). The number of carbonyl (C=O) groups excluding carboxylic acids is 3. The maximum Gasteiger partial charge on any atom is 0.309 e. The van der Waals surface area contributed by atoms with Crippen LogP contribution in [-0.4, -0.2) is 55.5 Å². The first-order valence-electron chi connectivity index (χ1n) is 9.57. The van der Waals surface area contributed by atoms with E-state index in [-0.39, 0.29) is 24.3 Å². The van der Waals surface area contributed by atoms with E-state index in [4.69, 9.17) is 13.9 Å². The summed E-state index contributed by atoms with van der Waals surface area (Å²) < 4.78 is 15.7. The Morgan fingerprint density at radius 2 is 1.83 bits per heavy atom.